The molecule has 0 saturated heterocycles. The second-order valence-corrected chi connectivity index (χ2v) is 15.0. The van der Waals surface area contributed by atoms with Crippen LogP contribution < -0.4 is 0 Å². The molecular weight excluding hydrogens is 681 g/mol. The van der Waals surface area contributed by atoms with Gasteiger partial charge in [-0.15, -0.1) is 0 Å². The summed E-state index contributed by atoms with van der Waals surface area (Å²) in [6.07, 6.45) is 0. The Kier molecular flexibility index (Phi) is 5.86. The minimum absolute atomic E-state index is 0.695. The smallest absolute Gasteiger partial charge is 0.235 e. The van der Waals surface area contributed by atoms with Crippen molar-refractivity contribution in [1.29, 1.82) is 0 Å². The van der Waals surface area contributed by atoms with Crippen LogP contribution in [0.15, 0.2) is 182 Å². The molecule has 0 amide bonds. The first-order valence-electron chi connectivity index (χ1n) is 19.2. The minimum atomic E-state index is 0.695. The fourth-order valence-electron chi connectivity index (χ4n) is 9.47. The van der Waals surface area contributed by atoms with E-state index in [1.165, 1.54) is 82.1 Å². The molecule has 1 aliphatic rings. The van der Waals surface area contributed by atoms with E-state index in [2.05, 4.69) is 191 Å². The number of benzene rings is 9. The van der Waals surface area contributed by atoms with E-state index in [1.807, 2.05) is 0 Å². The van der Waals surface area contributed by atoms with Crippen LogP contribution in [0, 0.1) is 0 Å². The van der Waals surface area contributed by atoms with Crippen LogP contribution >= 0.6 is 0 Å². The van der Waals surface area contributed by atoms with Gasteiger partial charge in [-0.2, -0.15) is 0 Å². The van der Waals surface area contributed by atoms with E-state index in [0.29, 0.717) is 5.95 Å². The number of nitrogens with zero attached hydrogens (tertiary/aromatic N) is 4. The first-order chi connectivity index (χ1) is 27.7. The summed E-state index contributed by atoms with van der Waals surface area (Å²) in [6, 6.07) is 66.1. The molecule has 258 valence electrons. The molecule has 0 aliphatic heterocycles. The van der Waals surface area contributed by atoms with Crippen molar-refractivity contribution in [2.45, 2.75) is 0 Å². The van der Waals surface area contributed by atoms with Gasteiger partial charge in [-0.25, -0.2) is 9.97 Å². The third-order valence-electron chi connectivity index (χ3n) is 12.0. The number of hydrogen-bond acceptors (Lipinski definition) is 2. The Balaban J connectivity index is 0.972. The van der Waals surface area contributed by atoms with Crippen molar-refractivity contribution in [3.63, 3.8) is 0 Å². The third kappa shape index (κ3) is 4.07. The summed E-state index contributed by atoms with van der Waals surface area (Å²) >= 11 is 0. The fraction of sp³-hybridized carbons (Fsp3) is 0. The molecule has 13 rings (SSSR count). The van der Waals surface area contributed by atoms with Crippen molar-refractivity contribution in [2.75, 3.05) is 0 Å². The van der Waals surface area contributed by atoms with Crippen molar-refractivity contribution in [2.24, 2.45) is 0 Å². The van der Waals surface area contributed by atoms with Gasteiger partial charge in [0.15, 0.2) is 0 Å². The van der Waals surface area contributed by atoms with Gasteiger partial charge in [-0.05, 0) is 111 Å². The maximum atomic E-state index is 5.32. The topological polar surface area (TPSA) is 35.6 Å². The molecule has 0 radical (unpaired) electrons. The first-order valence-corrected chi connectivity index (χ1v) is 19.2. The molecule has 1 aliphatic carbocycles. The normalized spacial score (nSPS) is 12.3. The lowest BCUT2D eigenvalue weighted by atomic mass is 9.97. The molecule has 12 aromatic rings. The van der Waals surface area contributed by atoms with Crippen LogP contribution in [-0.4, -0.2) is 19.1 Å². The summed E-state index contributed by atoms with van der Waals surface area (Å²) in [5.74, 6) is 0.695. The van der Waals surface area contributed by atoms with Crippen LogP contribution in [0.4, 0.5) is 0 Å². The zero-order valence-electron chi connectivity index (χ0n) is 30.1. The lowest BCUT2D eigenvalue weighted by Gasteiger charge is -2.11. The molecule has 0 fully saturated rings. The van der Waals surface area contributed by atoms with Crippen LogP contribution in [0.2, 0.25) is 0 Å². The number of fused-ring (bicyclic) bond motifs is 11. The summed E-state index contributed by atoms with van der Waals surface area (Å²) in [4.78, 5) is 10.5. The Bertz CT molecular complexity index is 3650. The number of aromatic nitrogens is 4. The van der Waals surface area contributed by atoms with Crippen molar-refractivity contribution in [3.05, 3.63) is 182 Å². The molecule has 0 atom stereocenters. The maximum Gasteiger partial charge on any atom is 0.235 e. The number of rotatable bonds is 3. The lowest BCUT2D eigenvalue weighted by molar-refractivity contribution is 1.02. The van der Waals surface area contributed by atoms with Crippen molar-refractivity contribution in [3.8, 4) is 45.1 Å². The number of para-hydroxylation sites is 3. The van der Waals surface area contributed by atoms with E-state index in [1.54, 1.807) is 0 Å². The van der Waals surface area contributed by atoms with Crippen LogP contribution in [0.3, 0.4) is 0 Å². The van der Waals surface area contributed by atoms with Crippen LogP contribution in [0.25, 0.3) is 121 Å². The van der Waals surface area contributed by atoms with Crippen LogP contribution in [0.5, 0.6) is 0 Å². The molecule has 0 saturated carbocycles. The van der Waals surface area contributed by atoms with E-state index < -0.39 is 0 Å². The Labute approximate surface area is 321 Å². The highest BCUT2D eigenvalue weighted by atomic mass is 15.2. The van der Waals surface area contributed by atoms with Gasteiger partial charge < -0.3 is 4.57 Å². The summed E-state index contributed by atoms with van der Waals surface area (Å²) in [7, 11) is 0. The summed E-state index contributed by atoms with van der Waals surface area (Å²) < 4.78 is 4.63. The van der Waals surface area contributed by atoms with Gasteiger partial charge >= 0.3 is 0 Å². The molecule has 4 nitrogen and oxygen atoms in total. The Morgan fingerprint density at radius 2 is 0.911 bits per heavy atom. The molecule has 3 heterocycles. The molecule has 56 heavy (non-hydrogen) atoms. The van der Waals surface area contributed by atoms with Crippen molar-refractivity contribution < 1.29 is 0 Å². The van der Waals surface area contributed by atoms with E-state index >= 15 is 0 Å². The number of hydrogen-bond donors (Lipinski definition) is 0. The highest BCUT2D eigenvalue weighted by molar-refractivity contribution is 6.16. The molecule has 0 spiro atoms. The summed E-state index contributed by atoms with van der Waals surface area (Å²) in [6.45, 7) is 0. The second-order valence-electron chi connectivity index (χ2n) is 15.0. The van der Waals surface area contributed by atoms with Gasteiger partial charge in [-0.3, -0.25) is 4.57 Å². The Hall–Kier alpha value is -7.56. The highest BCUT2D eigenvalue weighted by Crippen LogP contribution is 2.46. The molecule has 3 aromatic heterocycles. The molecule has 4 heteroatoms. The zero-order valence-corrected chi connectivity index (χ0v) is 30.1. The van der Waals surface area contributed by atoms with Gasteiger partial charge in [0, 0.05) is 38.2 Å². The largest absolute Gasteiger partial charge is 0.309 e. The maximum absolute atomic E-state index is 5.32. The van der Waals surface area contributed by atoms with Crippen LogP contribution in [0.1, 0.15) is 0 Å². The van der Waals surface area contributed by atoms with Gasteiger partial charge in [0.1, 0.15) is 0 Å². The van der Waals surface area contributed by atoms with Gasteiger partial charge in [-0.1, -0.05) is 115 Å². The molecular formula is C52H30N4. The standard InChI is InChI=1S/C52H30N4/c1-2-11-37(12-3-1)55-46-19-8-6-14-39(46)43-27-35-25-31(21-23-33(35)29-48(43)55)32-22-24-34-30-49-44(28-36(34)26-32)40-15-7-9-20-47(40)56(49)52-53-45-18-10-17-41-38-13-4-5-16-42(38)51(54-52)50(41)45/h1-30H. The second kappa shape index (κ2) is 11.0. The van der Waals surface area contributed by atoms with E-state index in [9.17, 15) is 0 Å². The van der Waals surface area contributed by atoms with Crippen molar-refractivity contribution in [1.82, 2.24) is 19.1 Å². The van der Waals surface area contributed by atoms with E-state index in [-0.39, 0.29) is 0 Å². The minimum Gasteiger partial charge on any atom is -0.309 e. The SMILES string of the molecule is c1ccc(-n2c3ccccc3c3cc4cc(-c5ccc6cc7c(cc6c5)c5ccccc5n7-c5nc6c7c(cccc7n5)-c5ccccc5-6)ccc4cc32)cc1. The monoisotopic (exact) mass is 710 g/mol. The molecule has 9 aromatic carbocycles. The molecule has 0 unspecified atom stereocenters. The van der Waals surface area contributed by atoms with E-state index in [0.717, 1.165) is 33.2 Å². The third-order valence-corrected chi connectivity index (χ3v) is 12.0. The summed E-state index contributed by atoms with van der Waals surface area (Å²) in [5, 5.41) is 10.9. The fourth-order valence-corrected chi connectivity index (χ4v) is 9.47. The zero-order chi connectivity index (χ0) is 36.5. The summed E-state index contributed by atoms with van der Waals surface area (Å²) in [5.41, 5.74) is 13.8. The van der Waals surface area contributed by atoms with Crippen molar-refractivity contribution >= 4 is 76.1 Å². The predicted octanol–water partition coefficient (Wildman–Crippen LogP) is 13.4. The van der Waals surface area contributed by atoms with Crippen LogP contribution in [-0.2, 0) is 0 Å². The first kappa shape index (κ1) is 29.8. The molecule has 0 N–H and O–H groups in total. The Morgan fingerprint density at radius 1 is 0.339 bits per heavy atom. The predicted molar refractivity (Wildman–Crippen MR) is 233 cm³/mol. The van der Waals surface area contributed by atoms with Gasteiger partial charge in [0.25, 0.3) is 0 Å². The Morgan fingerprint density at radius 3 is 1.61 bits per heavy atom. The lowest BCUT2D eigenvalue weighted by Crippen LogP contribution is -2.02. The average Bonchev–Trinajstić information content (AvgIpc) is 3.88. The van der Waals surface area contributed by atoms with E-state index in [4.69, 9.17) is 9.97 Å². The quantitative estimate of drug-likeness (QED) is 0.183. The van der Waals surface area contributed by atoms with Gasteiger partial charge in [0.2, 0.25) is 5.95 Å². The van der Waals surface area contributed by atoms with Gasteiger partial charge in [0.05, 0.1) is 33.3 Å². The molecule has 0 bridgehead atoms. The highest BCUT2D eigenvalue weighted by Gasteiger charge is 2.25. The average molecular weight is 711 g/mol.